The average Bonchev–Trinajstić information content (AvgIpc) is 3.40. The van der Waals surface area contributed by atoms with Crippen molar-refractivity contribution >= 4 is 40.8 Å². The summed E-state index contributed by atoms with van der Waals surface area (Å²) in [4.78, 5) is 25.2. The second-order valence-corrected chi connectivity index (χ2v) is 11.5. The van der Waals surface area contributed by atoms with E-state index in [1.165, 1.54) is 0 Å². The first-order valence-electron chi connectivity index (χ1n) is 12.4. The smallest absolute Gasteiger partial charge is 0.229 e. The number of carbonyl (C=O) groups excluding carboxylic acids is 1. The van der Waals surface area contributed by atoms with Crippen molar-refractivity contribution in [2.24, 2.45) is 23.5 Å². The van der Waals surface area contributed by atoms with Crippen LogP contribution in [0.25, 0.3) is 0 Å². The van der Waals surface area contributed by atoms with Crippen LogP contribution in [0.2, 0.25) is 0 Å². The van der Waals surface area contributed by atoms with Crippen LogP contribution in [0.15, 0.2) is 24.4 Å². The van der Waals surface area contributed by atoms with E-state index in [9.17, 15) is 9.18 Å². The van der Waals surface area contributed by atoms with Crippen molar-refractivity contribution in [3.63, 3.8) is 0 Å². The zero-order valence-electron chi connectivity index (χ0n) is 20.9. The van der Waals surface area contributed by atoms with Crippen LogP contribution in [-0.4, -0.2) is 78.7 Å². The van der Waals surface area contributed by atoms with E-state index in [-0.39, 0.29) is 41.5 Å². The minimum Gasteiger partial charge on any atom is -0.490 e. The van der Waals surface area contributed by atoms with Crippen LogP contribution in [0.5, 0.6) is 5.75 Å². The maximum atomic E-state index is 14.8. The number of amides is 1. The number of rotatable bonds is 5. The Morgan fingerprint density at radius 3 is 2.89 bits per heavy atom. The van der Waals surface area contributed by atoms with Gasteiger partial charge in [-0.3, -0.25) is 4.79 Å². The molecule has 2 saturated carbocycles. The fourth-order valence-electron chi connectivity index (χ4n) is 5.76. The molecule has 2 aromatic rings. The standard InChI is InChI=1S/C25H34FN7O2S/c1-32(2)6-7-33(3)18-5-4-15-12-19(18)35-8-9-36-20-11-14-10-16(20)22(21(14)23(27)34)30-24-17(26)13-28-25(29-15)31-24/h4-5,12-14,16,20-22H,6-11H2,1-3H3,(H2,27,34)(H2,28,29,30,31)/t14-,16-,20-,21+,22-/m1/s1. The van der Waals surface area contributed by atoms with Crippen LogP contribution in [0.3, 0.4) is 0 Å². The number of halogens is 1. The number of thioether (sulfide) groups is 1. The lowest BCUT2D eigenvalue weighted by atomic mass is 9.83. The lowest BCUT2D eigenvalue weighted by Crippen LogP contribution is -2.46. The summed E-state index contributed by atoms with van der Waals surface area (Å²) in [6.45, 7) is 2.34. The molecule has 11 heteroatoms. The summed E-state index contributed by atoms with van der Waals surface area (Å²) in [5.41, 5.74) is 7.53. The molecule has 4 N–H and O–H groups in total. The van der Waals surface area contributed by atoms with Crippen LogP contribution in [0.4, 0.5) is 27.5 Å². The number of nitrogens with one attached hydrogen (secondary N) is 2. The van der Waals surface area contributed by atoms with Crippen molar-refractivity contribution in [1.82, 2.24) is 14.9 Å². The molecule has 0 radical (unpaired) electrons. The Morgan fingerprint density at radius 1 is 1.28 bits per heavy atom. The Morgan fingerprint density at radius 2 is 2.11 bits per heavy atom. The predicted octanol–water partition coefficient (Wildman–Crippen LogP) is 2.77. The van der Waals surface area contributed by atoms with E-state index in [0.717, 1.165) is 55.0 Å². The Labute approximate surface area is 215 Å². The van der Waals surface area contributed by atoms with E-state index in [4.69, 9.17) is 10.5 Å². The fourth-order valence-corrected chi connectivity index (χ4v) is 7.15. The summed E-state index contributed by atoms with van der Waals surface area (Å²) in [7, 11) is 6.17. The Bertz CT molecular complexity index is 1120. The normalized spacial score (nSPS) is 26.9. The molecule has 1 aromatic heterocycles. The average molecular weight is 516 g/mol. The summed E-state index contributed by atoms with van der Waals surface area (Å²) in [6.07, 6.45) is 2.99. The van der Waals surface area contributed by atoms with E-state index in [1.807, 2.05) is 30.0 Å². The van der Waals surface area contributed by atoms with Crippen molar-refractivity contribution in [3.05, 3.63) is 30.2 Å². The molecule has 0 unspecified atom stereocenters. The number of nitrogens with zero attached hydrogens (tertiary/aromatic N) is 4. The summed E-state index contributed by atoms with van der Waals surface area (Å²) in [5.74, 6) is 1.14. The van der Waals surface area contributed by atoms with Crippen LogP contribution in [0, 0.1) is 23.6 Å². The maximum Gasteiger partial charge on any atom is 0.229 e. The van der Waals surface area contributed by atoms with Gasteiger partial charge < -0.3 is 30.9 Å². The van der Waals surface area contributed by atoms with Gasteiger partial charge in [0.15, 0.2) is 11.6 Å². The van der Waals surface area contributed by atoms with E-state index in [1.54, 1.807) is 0 Å². The van der Waals surface area contributed by atoms with E-state index in [0.29, 0.717) is 11.9 Å². The number of hydrogen-bond acceptors (Lipinski definition) is 9. The Kier molecular flexibility index (Phi) is 7.11. The third-order valence-corrected chi connectivity index (χ3v) is 8.87. The molecule has 0 spiro atoms. The third-order valence-electron chi connectivity index (χ3n) is 7.50. The van der Waals surface area contributed by atoms with Gasteiger partial charge in [0.25, 0.3) is 0 Å². The maximum absolute atomic E-state index is 14.8. The summed E-state index contributed by atoms with van der Waals surface area (Å²) in [6, 6.07) is 5.64. The highest BCUT2D eigenvalue weighted by Crippen LogP contribution is 2.53. The highest BCUT2D eigenvalue weighted by Gasteiger charge is 2.55. The number of likely N-dealkylation sites (N-methyl/N-ethyl adjacent to an activating group) is 2. The first-order chi connectivity index (χ1) is 17.3. The summed E-state index contributed by atoms with van der Waals surface area (Å²) >= 11 is 1.86. The van der Waals surface area contributed by atoms with Gasteiger partial charge in [0.2, 0.25) is 11.9 Å². The number of carbonyl (C=O) groups is 1. The van der Waals surface area contributed by atoms with Gasteiger partial charge in [-0.25, -0.2) is 9.37 Å². The van der Waals surface area contributed by atoms with Gasteiger partial charge in [0.05, 0.1) is 24.4 Å². The van der Waals surface area contributed by atoms with Gasteiger partial charge >= 0.3 is 0 Å². The lowest BCUT2D eigenvalue weighted by Gasteiger charge is -2.35. The van der Waals surface area contributed by atoms with Crippen LogP contribution >= 0.6 is 11.8 Å². The van der Waals surface area contributed by atoms with Gasteiger partial charge in [0, 0.05) is 48.9 Å². The van der Waals surface area contributed by atoms with Crippen molar-refractivity contribution in [1.29, 1.82) is 0 Å². The minimum atomic E-state index is -0.554. The molecule has 1 aromatic carbocycles. The number of benzene rings is 1. The number of aromatic nitrogens is 2. The van der Waals surface area contributed by atoms with Gasteiger partial charge in [0.1, 0.15) is 5.75 Å². The van der Waals surface area contributed by atoms with Crippen molar-refractivity contribution in [3.8, 4) is 5.75 Å². The zero-order valence-corrected chi connectivity index (χ0v) is 21.7. The number of primary amides is 1. The Hall–Kier alpha value is -2.79. The van der Waals surface area contributed by atoms with Crippen LogP contribution in [0.1, 0.15) is 12.8 Å². The molecule has 6 bridgehead atoms. The van der Waals surface area contributed by atoms with Crippen molar-refractivity contribution in [2.45, 2.75) is 24.1 Å². The molecule has 5 rings (SSSR count). The molecule has 1 amide bonds. The predicted molar refractivity (Wildman–Crippen MR) is 142 cm³/mol. The van der Waals surface area contributed by atoms with Crippen molar-refractivity contribution < 1.29 is 13.9 Å². The number of anilines is 4. The van der Waals surface area contributed by atoms with Gasteiger partial charge in [-0.05, 0) is 50.9 Å². The van der Waals surface area contributed by atoms with Gasteiger partial charge in [-0.1, -0.05) is 0 Å². The molecular formula is C25H34FN7O2S. The molecule has 2 heterocycles. The monoisotopic (exact) mass is 515 g/mol. The molecule has 2 aliphatic carbocycles. The van der Waals surface area contributed by atoms with E-state index >= 15 is 0 Å². The molecule has 194 valence electrons. The van der Waals surface area contributed by atoms with Crippen LogP contribution in [-0.2, 0) is 4.79 Å². The lowest BCUT2D eigenvalue weighted by molar-refractivity contribution is -0.123. The van der Waals surface area contributed by atoms with E-state index < -0.39 is 5.82 Å². The summed E-state index contributed by atoms with van der Waals surface area (Å²) in [5, 5.41) is 6.77. The first-order valence-corrected chi connectivity index (χ1v) is 13.4. The van der Waals surface area contributed by atoms with Crippen LogP contribution < -0.4 is 26.0 Å². The molecule has 3 aliphatic rings. The van der Waals surface area contributed by atoms with Crippen molar-refractivity contribution in [2.75, 3.05) is 62.1 Å². The molecule has 5 atom stereocenters. The first kappa shape index (κ1) is 24.9. The zero-order chi connectivity index (χ0) is 25.4. The number of nitrogens with two attached hydrogens (primary N) is 1. The highest BCUT2D eigenvalue weighted by molar-refractivity contribution is 7.99. The van der Waals surface area contributed by atoms with Gasteiger partial charge in [-0.15, -0.1) is 0 Å². The molecule has 0 saturated heterocycles. The molecule has 36 heavy (non-hydrogen) atoms. The summed E-state index contributed by atoms with van der Waals surface area (Å²) < 4.78 is 21.1. The van der Waals surface area contributed by atoms with E-state index in [2.05, 4.69) is 51.5 Å². The Balaban J connectivity index is 1.46. The largest absolute Gasteiger partial charge is 0.490 e. The molecular weight excluding hydrogens is 481 g/mol. The highest BCUT2D eigenvalue weighted by atomic mass is 32.2. The van der Waals surface area contributed by atoms with Gasteiger partial charge in [-0.2, -0.15) is 16.7 Å². The quantitative estimate of drug-likeness (QED) is 0.554. The minimum absolute atomic E-state index is 0.0893. The third kappa shape index (κ3) is 5.04. The number of hydrogen-bond donors (Lipinski definition) is 3. The second-order valence-electron chi connectivity index (χ2n) is 10.2. The number of fused-ring (bicyclic) bond motifs is 5. The molecule has 2 fully saturated rings. The second kappa shape index (κ2) is 10.3. The SMILES string of the molecule is CN(C)CCN(C)c1ccc2cc1OCCS[C@@H]1C[C@H]3C[C@H]1[C@@H](Nc1nc(ncc1F)N2)[C@H]3C(N)=O. The number of ether oxygens (including phenoxy) is 1. The molecule has 1 aliphatic heterocycles. The topological polar surface area (TPSA) is 109 Å². The fraction of sp³-hybridized carbons (Fsp3) is 0.560. The molecule has 9 nitrogen and oxygen atoms in total.